The molecule has 0 aliphatic carbocycles. The number of benzene rings is 1. The summed E-state index contributed by atoms with van der Waals surface area (Å²) in [6.45, 7) is 1.66. The third kappa shape index (κ3) is 2.37. The predicted molar refractivity (Wildman–Crippen MR) is 65.2 cm³/mol. The Labute approximate surface area is 108 Å². The average Bonchev–Trinajstić information content (AvgIpc) is 2.46. The van der Waals surface area contributed by atoms with Crippen LogP contribution in [0.5, 0.6) is 0 Å². The van der Waals surface area contributed by atoms with Gasteiger partial charge < -0.3 is 5.32 Å². The van der Waals surface area contributed by atoms with E-state index in [9.17, 15) is 9.59 Å². The van der Waals surface area contributed by atoms with Crippen LogP contribution in [-0.2, 0) is 11.2 Å². The van der Waals surface area contributed by atoms with Crippen molar-refractivity contribution in [1.29, 1.82) is 0 Å². The van der Waals surface area contributed by atoms with Gasteiger partial charge >= 0.3 is 6.03 Å². The van der Waals surface area contributed by atoms with Gasteiger partial charge in [-0.3, -0.25) is 10.1 Å². The second-order valence-corrected chi connectivity index (χ2v) is 4.98. The molecule has 17 heavy (non-hydrogen) atoms. The summed E-state index contributed by atoms with van der Waals surface area (Å²) in [5.41, 5.74) is -0.104. The molecule has 1 saturated heterocycles. The van der Waals surface area contributed by atoms with Gasteiger partial charge in [-0.15, -0.1) is 0 Å². The van der Waals surface area contributed by atoms with Crippen LogP contribution >= 0.6 is 23.2 Å². The predicted octanol–water partition coefficient (Wildman–Crippen LogP) is 2.13. The molecule has 4 nitrogen and oxygen atoms in total. The van der Waals surface area contributed by atoms with Crippen molar-refractivity contribution >= 4 is 35.1 Å². The van der Waals surface area contributed by atoms with Crippen LogP contribution < -0.4 is 10.6 Å². The molecule has 2 rings (SSSR count). The molecule has 1 aliphatic rings. The van der Waals surface area contributed by atoms with Gasteiger partial charge in [0.1, 0.15) is 5.54 Å². The highest BCUT2D eigenvalue weighted by atomic mass is 35.5. The molecule has 1 atom stereocenters. The first kappa shape index (κ1) is 12.2. The highest BCUT2D eigenvalue weighted by Crippen LogP contribution is 2.25. The molecule has 2 N–H and O–H groups in total. The number of hydrogen-bond acceptors (Lipinski definition) is 2. The lowest BCUT2D eigenvalue weighted by atomic mass is 9.93. The summed E-state index contributed by atoms with van der Waals surface area (Å²) in [5.74, 6) is -0.339. The second-order valence-electron chi connectivity index (χ2n) is 4.17. The third-order valence-electron chi connectivity index (χ3n) is 2.66. The Morgan fingerprint density at radius 3 is 2.47 bits per heavy atom. The number of amides is 3. The summed E-state index contributed by atoms with van der Waals surface area (Å²) in [7, 11) is 0. The molecule has 1 aromatic carbocycles. The van der Waals surface area contributed by atoms with E-state index in [1.165, 1.54) is 0 Å². The average molecular weight is 273 g/mol. The molecular formula is C11H10Cl2N2O2. The van der Waals surface area contributed by atoms with Gasteiger partial charge in [-0.05, 0) is 24.6 Å². The zero-order chi connectivity index (χ0) is 12.6. The van der Waals surface area contributed by atoms with Crippen molar-refractivity contribution in [2.24, 2.45) is 0 Å². The Hall–Kier alpha value is -1.26. The normalized spacial score (nSPS) is 23.5. The quantitative estimate of drug-likeness (QED) is 0.811. The molecule has 0 saturated carbocycles. The Balaban J connectivity index is 2.23. The van der Waals surface area contributed by atoms with Crippen molar-refractivity contribution in [2.75, 3.05) is 0 Å². The van der Waals surface area contributed by atoms with E-state index in [4.69, 9.17) is 23.2 Å². The lowest BCUT2D eigenvalue weighted by molar-refractivity contribution is -0.123. The summed E-state index contributed by atoms with van der Waals surface area (Å²) in [6.07, 6.45) is 0.363. The maximum Gasteiger partial charge on any atom is 0.322 e. The number of imide groups is 1. The van der Waals surface area contributed by atoms with E-state index < -0.39 is 11.6 Å². The van der Waals surface area contributed by atoms with Crippen LogP contribution in [0.3, 0.4) is 0 Å². The first-order chi connectivity index (χ1) is 7.90. The van der Waals surface area contributed by atoms with E-state index in [-0.39, 0.29) is 5.91 Å². The minimum absolute atomic E-state index is 0.339. The molecule has 1 aliphatic heterocycles. The summed E-state index contributed by atoms with van der Waals surface area (Å²) >= 11 is 11.7. The summed E-state index contributed by atoms with van der Waals surface area (Å²) in [5, 5.41) is 5.68. The molecule has 0 bridgehead atoms. The van der Waals surface area contributed by atoms with Gasteiger partial charge in [0.15, 0.2) is 0 Å². The molecule has 1 aromatic rings. The molecule has 1 fully saturated rings. The van der Waals surface area contributed by atoms with E-state index in [2.05, 4.69) is 10.6 Å². The van der Waals surface area contributed by atoms with Crippen molar-refractivity contribution < 1.29 is 9.59 Å². The van der Waals surface area contributed by atoms with Crippen molar-refractivity contribution in [3.63, 3.8) is 0 Å². The number of carbonyl (C=O) groups is 2. The van der Waals surface area contributed by atoms with E-state index >= 15 is 0 Å². The van der Waals surface area contributed by atoms with E-state index in [0.717, 1.165) is 5.56 Å². The highest BCUT2D eigenvalue weighted by molar-refractivity contribution is 6.42. The lowest BCUT2D eigenvalue weighted by Crippen LogP contribution is -2.45. The number of rotatable bonds is 2. The van der Waals surface area contributed by atoms with Gasteiger partial charge in [0, 0.05) is 6.42 Å². The van der Waals surface area contributed by atoms with Crippen LogP contribution in [0.4, 0.5) is 4.79 Å². The smallest absolute Gasteiger partial charge is 0.322 e. The van der Waals surface area contributed by atoms with Gasteiger partial charge in [-0.2, -0.15) is 0 Å². The molecule has 0 aromatic heterocycles. The first-order valence-corrected chi connectivity index (χ1v) is 5.74. The van der Waals surface area contributed by atoms with Crippen molar-refractivity contribution in [3.8, 4) is 0 Å². The zero-order valence-electron chi connectivity index (χ0n) is 9.01. The molecule has 1 heterocycles. The molecular weight excluding hydrogens is 263 g/mol. The largest absolute Gasteiger partial charge is 0.323 e. The zero-order valence-corrected chi connectivity index (χ0v) is 10.5. The monoisotopic (exact) mass is 272 g/mol. The van der Waals surface area contributed by atoms with E-state index in [1.807, 2.05) is 0 Å². The fourth-order valence-corrected chi connectivity index (χ4v) is 2.08. The maximum absolute atomic E-state index is 11.6. The Bertz CT molecular complexity index is 504. The van der Waals surface area contributed by atoms with E-state index in [1.54, 1.807) is 25.1 Å². The van der Waals surface area contributed by atoms with Crippen molar-refractivity contribution in [1.82, 2.24) is 10.6 Å². The molecule has 90 valence electrons. The standard InChI is InChI=1S/C11H10Cl2N2O2/c1-11(9(16)14-10(17)15-11)5-6-2-3-7(12)8(13)4-6/h2-4H,5H2,1H3,(H2,14,15,16,17)/t11-/m0/s1. The number of carbonyl (C=O) groups excluding carboxylic acids is 2. The van der Waals surface area contributed by atoms with Crippen molar-refractivity contribution in [2.45, 2.75) is 18.9 Å². The Morgan fingerprint density at radius 1 is 1.24 bits per heavy atom. The lowest BCUT2D eigenvalue weighted by Gasteiger charge is -2.20. The third-order valence-corrected chi connectivity index (χ3v) is 3.40. The van der Waals surface area contributed by atoms with Crippen LogP contribution in [0.25, 0.3) is 0 Å². The van der Waals surface area contributed by atoms with Crippen LogP contribution in [0.1, 0.15) is 12.5 Å². The Morgan fingerprint density at radius 2 is 1.94 bits per heavy atom. The SMILES string of the molecule is C[C@@]1(Cc2ccc(Cl)c(Cl)c2)NC(=O)NC1=O. The van der Waals surface area contributed by atoms with Crippen molar-refractivity contribution in [3.05, 3.63) is 33.8 Å². The molecule has 0 radical (unpaired) electrons. The minimum atomic E-state index is -0.936. The topological polar surface area (TPSA) is 58.2 Å². The summed E-state index contributed by atoms with van der Waals surface area (Å²) in [6, 6.07) is 4.65. The summed E-state index contributed by atoms with van der Waals surface area (Å²) < 4.78 is 0. The second kappa shape index (κ2) is 4.20. The fraction of sp³-hybridized carbons (Fsp3) is 0.273. The number of halogens is 2. The number of urea groups is 1. The first-order valence-electron chi connectivity index (χ1n) is 4.98. The Kier molecular flexibility index (Phi) is 3.02. The molecule has 3 amide bonds. The highest BCUT2D eigenvalue weighted by Gasteiger charge is 2.41. The molecule has 6 heteroatoms. The minimum Gasteiger partial charge on any atom is -0.323 e. The van der Waals surface area contributed by atoms with Gasteiger partial charge in [-0.25, -0.2) is 4.79 Å². The van der Waals surface area contributed by atoms with Gasteiger partial charge in [-0.1, -0.05) is 29.3 Å². The number of nitrogens with one attached hydrogen (secondary N) is 2. The summed E-state index contributed by atoms with van der Waals surface area (Å²) in [4.78, 5) is 22.7. The van der Waals surface area contributed by atoms with Gasteiger partial charge in [0.05, 0.1) is 10.0 Å². The molecule has 0 unspecified atom stereocenters. The van der Waals surface area contributed by atoms with Gasteiger partial charge in [0.25, 0.3) is 5.91 Å². The van der Waals surface area contributed by atoms with Crippen LogP contribution in [0.2, 0.25) is 10.0 Å². The van der Waals surface area contributed by atoms with Crippen LogP contribution in [-0.4, -0.2) is 17.5 Å². The van der Waals surface area contributed by atoms with Gasteiger partial charge in [0.2, 0.25) is 0 Å². The van der Waals surface area contributed by atoms with Crippen LogP contribution in [0.15, 0.2) is 18.2 Å². The fourth-order valence-electron chi connectivity index (χ4n) is 1.76. The maximum atomic E-state index is 11.6. The number of hydrogen-bond donors (Lipinski definition) is 2. The molecule has 0 spiro atoms. The van der Waals surface area contributed by atoms with E-state index in [0.29, 0.717) is 16.5 Å². The van der Waals surface area contributed by atoms with Crippen LogP contribution in [0, 0.1) is 0 Å².